The molecular formula is C12H21N3. The molecule has 0 bridgehead atoms. The predicted octanol–water partition coefficient (Wildman–Crippen LogP) is 1.37. The molecule has 0 aliphatic carbocycles. The van der Waals surface area contributed by atoms with Gasteiger partial charge in [-0.2, -0.15) is 0 Å². The van der Waals surface area contributed by atoms with Crippen molar-refractivity contribution in [1.82, 2.24) is 10.4 Å². The molecule has 1 unspecified atom stereocenters. The van der Waals surface area contributed by atoms with Crippen molar-refractivity contribution >= 4 is 0 Å². The zero-order valence-electron chi connectivity index (χ0n) is 10.0. The number of nitrogens with zero attached hydrogens (tertiary/aromatic N) is 1. The number of nitrogens with two attached hydrogens (primary N) is 1. The number of benzene rings is 1. The summed E-state index contributed by atoms with van der Waals surface area (Å²) in [4.78, 5) is 0. The molecule has 0 saturated heterocycles. The van der Waals surface area contributed by atoms with E-state index in [2.05, 4.69) is 37.5 Å². The molecule has 0 saturated carbocycles. The topological polar surface area (TPSA) is 41.3 Å². The van der Waals surface area contributed by atoms with Crippen molar-refractivity contribution in [2.24, 2.45) is 5.73 Å². The lowest BCUT2D eigenvalue weighted by Crippen LogP contribution is -2.38. The first kappa shape index (κ1) is 12.2. The van der Waals surface area contributed by atoms with Crippen LogP contribution in [0.5, 0.6) is 0 Å². The van der Waals surface area contributed by atoms with Crippen molar-refractivity contribution < 1.29 is 0 Å². The van der Waals surface area contributed by atoms with Gasteiger partial charge in [-0.1, -0.05) is 18.2 Å². The van der Waals surface area contributed by atoms with Crippen molar-refractivity contribution in [2.75, 3.05) is 20.6 Å². The molecule has 0 heterocycles. The van der Waals surface area contributed by atoms with Gasteiger partial charge in [0.2, 0.25) is 0 Å². The van der Waals surface area contributed by atoms with E-state index in [0.717, 1.165) is 0 Å². The van der Waals surface area contributed by atoms with Gasteiger partial charge in [0, 0.05) is 20.6 Å². The second-order valence-corrected chi connectivity index (χ2v) is 4.16. The van der Waals surface area contributed by atoms with E-state index < -0.39 is 0 Å². The van der Waals surface area contributed by atoms with Gasteiger partial charge in [0.1, 0.15) is 0 Å². The van der Waals surface area contributed by atoms with Crippen LogP contribution >= 0.6 is 0 Å². The zero-order valence-corrected chi connectivity index (χ0v) is 10.0. The van der Waals surface area contributed by atoms with Gasteiger partial charge in [-0.3, -0.25) is 0 Å². The van der Waals surface area contributed by atoms with E-state index in [4.69, 9.17) is 5.73 Å². The fourth-order valence-corrected chi connectivity index (χ4v) is 1.56. The summed E-state index contributed by atoms with van der Waals surface area (Å²) < 4.78 is 0. The highest BCUT2D eigenvalue weighted by molar-refractivity contribution is 5.31. The van der Waals surface area contributed by atoms with Gasteiger partial charge in [0.05, 0.1) is 6.04 Å². The van der Waals surface area contributed by atoms with Crippen LogP contribution in [0.3, 0.4) is 0 Å². The van der Waals surface area contributed by atoms with E-state index in [1.165, 1.54) is 16.7 Å². The molecule has 1 atom stereocenters. The molecule has 84 valence electrons. The SMILES string of the molecule is Cc1ccc(C(CN)NN(C)C)cc1C. The minimum atomic E-state index is 0.194. The lowest BCUT2D eigenvalue weighted by molar-refractivity contribution is 0.245. The van der Waals surface area contributed by atoms with Crippen LogP contribution in [0.25, 0.3) is 0 Å². The molecular weight excluding hydrogens is 186 g/mol. The molecule has 0 radical (unpaired) electrons. The maximum Gasteiger partial charge on any atom is 0.0586 e. The van der Waals surface area contributed by atoms with E-state index in [0.29, 0.717) is 6.54 Å². The highest BCUT2D eigenvalue weighted by atomic mass is 15.5. The number of hydrazine groups is 1. The Morgan fingerprint density at radius 3 is 2.40 bits per heavy atom. The Bertz CT molecular complexity index is 321. The van der Waals surface area contributed by atoms with Gasteiger partial charge in [0.25, 0.3) is 0 Å². The van der Waals surface area contributed by atoms with Crippen molar-refractivity contribution in [1.29, 1.82) is 0 Å². The smallest absolute Gasteiger partial charge is 0.0586 e. The van der Waals surface area contributed by atoms with E-state index >= 15 is 0 Å². The van der Waals surface area contributed by atoms with Crippen LogP contribution in [-0.2, 0) is 0 Å². The summed E-state index contributed by atoms with van der Waals surface area (Å²) in [5.41, 5.74) is 12.9. The largest absolute Gasteiger partial charge is 0.329 e. The Morgan fingerprint density at radius 1 is 1.27 bits per heavy atom. The van der Waals surface area contributed by atoms with Crippen molar-refractivity contribution in [3.05, 3.63) is 34.9 Å². The van der Waals surface area contributed by atoms with Gasteiger partial charge in [-0.15, -0.1) is 0 Å². The van der Waals surface area contributed by atoms with E-state index in [9.17, 15) is 0 Å². The summed E-state index contributed by atoms with van der Waals surface area (Å²) >= 11 is 0. The zero-order chi connectivity index (χ0) is 11.4. The van der Waals surface area contributed by atoms with E-state index in [1.807, 2.05) is 19.1 Å². The molecule has 0 aliphatic rings. The van der Waals surface area contributed by atoms with Gasteiger partial charge in [-0.25, -0.2) is 10.4 Å². The van der Waals surface area contributed by atoms with Crippen molar-refractivity contribution in [3.63, 3.8) is 0 Å². The number of hydrogen-bond donors (Lipinski definition) is 2. The average Bonchev–Trinajstić information content (AvgIpc) is 2.18. The van der Waals surface area contributed by atoms with Crippen LogP contribution in [0.15, 0.2) is 18.2 Å². The Kier molecular flexibility index (Phi) is 4.27. The van der Waals surface area contributed by atoms with E-state index in [-0.39, 0.29) is 6.04 Å². The predicted molar refractivity (Wildman–Crippen MR) is 64.5 cm³/mol. The Labute approximate surface area is 92.2 Å². The molecule has 0 aliphatic heterocycles. The maximum absolute atomic E-state index is 5.75. The normalized spacial score (nSPS) is 13.2. The summed E-state index contributed by atoms with van der Waals surface area (Å²) in [6.45, 7) is 4.85. The number of aryl methyl sites for hydroxylation is 2. The van der Waals surface area contributed by atoms with Gasteiger partial charge < -0.3 is 5.73 Å². The van der Waals surface area contributed by atoms with E-state index in [1.54, 1.807) is 0 Å². The number of rotatable bonds is 4. The number of hydrogen-bond acceptors (Lipinski definition) is 3. The first-order valence-electron chi connectivity index (χ1n) is 5.25. The summed E-state index contributed by atoms with van der Waals surface area (Å²) in [6, 6.07) is 6.67. The van der Waals surface area contributed by atoms with Crippen molar-refractivity contribution in [2.45, 2.75) is 19.9 Å². The molecule has 1 aromatic rings. The third kappa shape index (κ3) is 3.30. The van der Waals surface area contributed by atoms with Crippen LogP contribution in [0, 0.1) is 13.8 Å². The van der Waals surface area contributed by atoms with Gasteiger partial charge >= 0.3 is 0 Å². The molecule has 0 spiro atoms. The quantitative estimate of drug-likeness (QED) is 0.733. The lowest BCUT2D eigenvalue weighted by Gasteiger charge is -2.22. The first-order valence-corrected chi connectivity index (χ1v) is 5.25. The number of nitrogens with one attached hydrogen (secondary N) is 1. The standard InChI is InChI=1S/C12H21N3/c1-9-5-6-11(7-10(9)2)12(8-13)14-15(3)4/h5-7,12,14H,8,13H2,1-4H3. The molecule has 0 amide bonds. The third-order valence-electron chi connectivity index (χ3n) is 2.58. The fourth-order valence-electron chi connectivity index (χ4n) is 1.56. The Balaban J connectivity index is 2.87. The molecule has 3 heteroatoms. The monoisotopic (exact) mass is 207 g/mol. The van der Waals surface area contributed by atoms with Crippen LogP contribution in [-0.4, -0.2) is 25.6 Å². The first-order chi connectivity index (χ1) is 7.04. The van der Waals surface area contributed by atoms with Gasteiger partial charge in [-0.05, 0) is 30.5 Å². The second kappa shape index (κ2) is 5.26. The van der Waals surface area contributed by atoms with Gasteiger partial charge in [0.15, 0.2) is 0 Å². The molecule has 3 nitrogen and oxygen atoms in total. The summed E-state index contributed by atoms with van der Waals surface area (Å²) in [5, 5.41) is 1.94. The molecule has 1 rings (SSSR count). The minimum Gasteiger partial charge on any atom is -0.329 e. The summed E-state index contributed by atoms with van der Waals surface area (Å²) in [6.07, 6.45) is 0. The van der Waals surface area contributed by atoms with Crippen LogP contribution in [0.1, 0.15) is 22.7 Å². The minimum absolute atomic E-state index is 0.194. The van der Waals surface area contributed by atoms with Crippen LogP contribution in [0.4, 0.5) is 0 Å². The third-order valence-corrected chi connectivity index (χ3v) is 2.58. The average molecular weight is 207 g/mol. The van der Waals surface area contributed by atoms with Crippen LogP contribution < -0.4 is 11.2 Å². The Hall–Kier alpha value is -0.900. The molecule has 15 heavy (non-hydrogen) atoms. The molecule has 1 aromatic carbocycles. The fraction of sp³-hybridized carbons (Fsp3) is 0.500. The lowest BCUT2D eigenvalue weighted by atomic mass is 10.0. The molecule has 0 fully saturated rings. The summed E-state index contributed by atoms with van der Waals surface area (Å²) in [7, 11) is 3.95. The molecule has 0 aromatic heterocycles. The Morgan fingerprint density at radius 2 is 1.93 bits per heavy atom. The molecule has 3 N–H and O–H groups in total. The summed E-state index contributed by atoms with van der Waals surface area (Å²) in [5.74, 6) is 0. The van der Waals surface area contributed by atoms with Crippen LogP contribution in [0.2, 0.25) is 0 Å². The second-order valence-electron chi connectivity index (χ2n) is 4.16. The highest BCUT2D eigenvalue weighted by Crippen LogP contribution is 2.16. The maximum atomic E-state index is 5.75. The highest BCUT2D eigenvalue weighted by Gasteiger charge is 2.10. The van der Waals surface area contributed by atoms with Crippen molar-refractivity contribution in [3.8, 4) is 0 Å².